The summed E-state index contributed by atoms with van der Waals surface area (Å²) in [7, 11) is -3.00. The summed E-state index contributed by atoms with van der Waals surface area (Å²) in [5, 5.41) is 4.09. The van der Waals surface area contributed by atoms with E-state index in [0.717, 1.165) is 6.20 Å². The van der Waals surface area contributed by atoms with Gasteiger partial charge in [-0.05, 0) is 36.8 Å². The average molecular weight is 428 g/mol. The van der Waals surface area contributed by atoms with E-state index in [9.17, 15) is 8.60 Å². The Labute approximate surface area is 166 Å². The van der Waals surface area contributed by atoms with E-state index in [1.165, 1.54) is 18.4 Å². The Kier molecular flexibility index (Phi) is 5.41. The summed E-state index contributed by atoms with van der Waals surface area (Å²) >= 11 is 12.2. The van der Waals surface area contributed by atoms with Gasteiger partial charge in [-0.15, -0.1) is 0 Å². The molecule has 3 rings (SSSR count). The standard InChI is InChI=1S/C17H16Cl2FN5OS/c1-9-17(27(2,21)26)25-16(23-9)15(10-3-5-12(18)13(19)7-10)24-14-6-4-11(20)8-22-14/h3-8,15,21H,1-2H3,(H,22,24)(H,23,25). The molecule has 3 aromatic rings. The number of aromatic amines is 1. The Morgan fingerprint density at radius 2 is 2.00 bits per heavy atom. The van der Waals surface area contributed by atoms with Gasteiger partial charge in [-0.25, -0.2) is 23.3 Å². The lowest BCUT2D eigenvalue weighted by atomic mass is 10.1. The van der Waals surface area contributed by atoms with Crippen LogP contribution >= 0.6 is 23.2 Å². The molecule has 0 amide bonds. The van der Waals surface area contributed by atoms with Crippen molar-refractivity contribution in [3.8, 4) is 0 Å². The minimum Gasteiger partial charge on any atom is -0.356 e. The van der Waals surface area contributed by atoms with Gasteiger partial charge >= 0.3 is 0 Å². The Morgan fingerprint density at radius 3 is 2.56 bits per heavy atom. The van der Waals surface area contributed by atoms with Crippen molar-refractivity contribution in [3.05, 3.63) is 69.5 Å². The molecule has 3 N–H and O–H groups in total. The highest BCUT2D eigenvalue weighted by atomic mass is 35.5. The number of benzene rings is 1. The lowest BCUT2D eigenvalue weighted by Gasteiger charge is -2.18. The molecule has 0 radical (unpaired) electrons. The van der Waals surface area contributed by atoms with E-state index in [1.54, 1.807) is 25.1 Å². The van der Waals surface area contributed by atoms with Crippen LogP contribution in [0.4, 0.5) is 10.2 Å². The molecule has 27 heavy (non-hydrogen) atoms. The van der Waals surface area contributed by atoms with E-state index in [2.05, 4.69) is 20.3 Å². The Bertz CT molecular complexity index is 1080. The predicted molar refractivity (Wildman–Crippen MR) is 104 cm³/mol. The van der Waals surface area contributed by atoms with Gasteiger partial charge in [0.1, 0.15) is 23.5 Å². The zero-order chi connectivity index (χ0) is 19.8. The van der Waals surface area contributed by atoms with Crippen LogP contribution in [-0.2, 0) is 9.73 Å². The van der Waals surface area contributed by atoms with Crippen molar-refractivity contribution >= 4 is 38.7 Å². The highest BCUT2D eigenvalue weighted by Gasteiger charge is 2.23. The molecule has 2 unspecified atom stereocenters. The van der Waals surface area contributed by atoms with E-state index in [4.69, 9.17) is 28.0 Å². The van der Waals surface area contributed by atoms with Gasteiger partial charge in [0.05, 0.1) is 26.0 Å². The fourth-order valence-corrected chi connectivity index (χ4v) is 3.81. The van der Waals surface area contributed by atoms with Crippen molar-refractivity contribution in [1.29, 1.82) is 4.78 Å². The molecule has 0 saturated carbocycles. The summed E-state index contributed by atoms with van der Waals surface area (Å²) in [5.41, 5.74) is 1.25. The number of nitrogens with one attached hydrogen (secondary N) is 3. The minimum absolute atomic E-state index is 0.177. The van der Waals surface area contributed by atoms with Crippen molar-refractivity contribution in [1.82, 2.24) is 15.0 Å². The highest BCUT2D eigenvalue weighted by Crippen LogP contribution is 2.31. The van der Waals surface area contributed by atoms with E-state index in [1.807, 2.05) is 0 Å². The van der Waals surface area contributed by atoms with Crippen LogP contribution in [-0.4, -0.2) is 25.4 Å². The summed E-state index contributed by atoms with van der Waals surface area (Å²) < 4.78 is 33.1. The van der Waals surface area contributed by atoms with Gasteiger partial charge in [-0.2, -0.15) is 0 Å². The summed E-state index contributed by atoms with van der Waals surface area (Å²) in [6, 6.07) is 7.29. The number of aromatic nitrogens is 3. The molecule has 2 heterocycles. The maximum absolute atomic E-state index is 13.2. The normalized spacial score (nSPS) is 14.6. The van der Waals surface area contributed by atoms with Gasteiger partial charge < -0.3 is 10.3 Å². The molecule has 2 atom stereocenters. The Hall–Kier alpha value is -2.16. The van der Waals surface area contributed by atoms with Crippen LogP contribution in [0.2, 0.25) is 10.0 Å². The molecule has 1 aromatic carbocycles. The molecule has 6 nitrogen and oxygen atoms in total. The van der Waals surface area contributed by atoms with Crippen molar-refractivity contribution in [3.63, 3.8) is 0 Å². The molecular formula is C17H16Cl2FN5OS. The van der Waals surface area contributed by atoms with Gasteiger partial charge in [-0.3, -0.25) is 0 Å². The molecule has 0 aliphatic carbocycles. The molecule has 0 saturated heterocycles. The number of anilines is 1. The van der Waals surface area contributed by atoms with Gasteiger partial charge in [0.25, 0.3) is 0 Å². The lowest BCUT2D eigenvalue weighted by Crippen LogP contribution is -2.15. The van der Waals surface area contributed by atoms with Crippen LogP contribution in [0.5, 0.6) is 0 Å². The van der Waals surface area contributed by atoms with Gasteiger partial charge in [-0.1, -0.05) is 29.3 Å². The first kappa shape index (κ1) is 19.6. The van der Waals surface area contributed by atoms with E-state index < -0.39 is 21.6 Å². The number of imidazole rings is 1. The molecule has 2 aromatic heterocycles. The number of hydrogen-bond acceptors (Lipinski definition) is 5. The average Bonchev–Trinajstić information content (AvgIpc) is 2.99. The highest BCUT2D eigenvalue weighted by molar-refractivity contribution is 7.91. The van der Waals surface area contributed by atoms with Crippen LogP contribution < -0.4 is 5.32 Å². The number of rotatable bonds is 5. The fourth-order valence-electron chi connectivity index (χ4n) is 2.59. The first-order chi connectivity index (χ1) is 12.6. The van der Waals surface area contributed by atoms with Crippen molar-refractivity contribution in [2.24, 2.45) is 0 Å². The second-order valence-electron chi connectivity index (χ2n) is 6.01. The molecular weight excluding hydrogens is 412 g/mol. The molecule has 142 valence electrons. The zero-order valence-corrected chi connectivity index (χ0v) is 16.7. The number of H-pyrrole nitrogens is 1. The van der Waals surface area contributed by atoms with E-state index >= 15 is 0 Å². The zero-order valence-electron chi connectivity index (χ0n) is 14.4. The van der Waals surface area contributed by atoms with Crippen molar-refractivity contribution < 1.29 is 8.60 Å². The van der Waals surface area contributed by atoms with Crippen LogP contribution in [0.15, 0.2) is 41.6 Å². The lowest BCUT2D eigenvalue weighted by molar-refractivity contribution is 0.621. The monoisotopic (exact) mass is 427 g/mol. The largest absolute Gasteiger partial charge is 0.356 e. The molecule has 0 spiro atoms. The number of nitrogens with zero attached hydrogens (tertiary/aromatic N) is 2. The molecule has 10 heteroatoms. The van der Waals surface area contributed by atoms with Gasteiger partial charge in [0.2, 0.25) is 0 Å². The maximum atomic E-state index is 13.2. The third-order valence-corrected chi connectivity index (χ3v) is 5.67. The van der Waals surface area contributed by atoms with Gasteiger partial charge in [0.15, 0.2) is 5.03 Å². The second-order valence-corrected chi connectivity index (χ2v) is 8.90. The van der Waals surface area contributed by atoms with Crippen molar-refractivity contribution in [2.75, 3.05) is 11.6 Å². The SMILES string of the molecule is Cc1[nH]c(C(Nc2ccc(F)cn2)c2ccc(Cl)c(Cl)c2)nc1S(C)(=N)=O. The molecule has 0 aliphatic heterocycles. The number of pyridine rings is 1. The number of hydrogen-bond donors (Lipinski definition) is 3. The van der Waals surface area contributed by atoms with Crippen LogP contribution in [0.25, 0.3) is 0 Å². The third-order valence-electron chi connectivity index (χ3n) is 3.80. The Balaban J connectivity index is 2.09. The second kappa shape index (κ2) is 7.46. The maximum Gasteiger partial charge on any atom is 0.156 e. The molecule has 0 aliphatic rings. The first-order valence-corrected chi connectivity index (χ1v) is 10.5. The van der Waals surface area contributed by atoms with Crippen molar-refractivity contribution in [2.45, 2.75) is 18.0 Å². The summed E-state index contributed by atoms with van der Waals surface area (Å²) in [6.07, 6.45) is 2.40. The summed E-state index contributed by atoms with van der Waals surface area (Å²) in [6.45, 7) is 1.70. The van der Waals surface area contributed by atoms with Crippen LogP contribution in [0.1, 0.15) is 23.1 Å². The van der Waals surface area contributed by atoms with E-state index in [-0.39, 0.29) is 5.03 Å². The predicted octanol–water partition coefficient (Wildman–Crippen LogP) is 4.80. The summed E-state index contributed by atoms with van der Waals surface area (Å²) in [4.78, 5) is 11.4. The Morgan fingerprint density at radius 1 is 1.26 bits per heavy atom. The van der Waals surface area contributed by atoms with Crippen LogP contribution in [0.3, 0.4) is 0 Å². The molecule has 0 bridgehead atoms. The van der Waals surface area contributed by atoms with E-state index in [0.29, 0.717) is 32.9 Å². The van der Waals surface area contributed by atoms with Crippen LogP contribution in [0, 0.1) is 17.5 Å². The van der Waals surface area contributed by atoms with Gasteiger partial charge in [0, 0.05) is 11.9 Å². The number of halogens is 3. The number of aryl methyl sites for hydroxylation is 1. The molecule has 0 fully saturated rings. The third kappa shape index (κ3) is 4.40. The quantitative estimate of drug-likeness (QED) is 0.544. The summed E-state index contributed by atoms with van der Waals surface area (Å²) in [5.74, 6) is 0.378. The first-order valence-electron chi connectivity index (χ1n) is 7.78. The topological polar surface area (TPSA) is 94.5 Å². The fraction of sp³-hybridized carbons (Fsp3) is 0.176. The minimum atomic E-state index is -3.00. The smallest absolute Gasteiger partial charge is 0.156 e.